The number of aliphatic imine (C=N–C) groups is 1. The molecule has 1 unspecified atom stereocenters. The number of nitrogens with two attached hydrogens (primary N) is 1. The van der Waals surface area contributed by atoms with E-state index in [4.69, 9.17) is 15.8 Å². The maximum absolute atomic E-state index is 12.9. The zero-order valence-corrected chi connectivity index (χ0v) is 19.0. The van der Waals surface area contributed by atoms with Crippen LogP contribution in [0.1, 0.15) is 61.3 Å². The zero-order valence-electron chi connectivity index (χ0n) is 19.0. The van der Waals surface area contributed by atoms with Crippen molar-refractivity contribution in [2.45, 2.75) is 50.5 Å². The molecular weight excluding hydrogens is 416 g/mol. The molecule has 3 N–H and O–H groups in total. The summed E-state index contributed by atoms with van der Waals surface area (Å²) < 4.78 is 0. The van der Waals surface area contributed by atoms with Gasteiger partial charge in [0.2, 0.25) is 5.91 Å². The fourth-order valence-corrected chi connectivity index (χ4v) is 4.89. The van der Waals surface area contributed by atoms with Crippen LogP contribution in [0.4, 0.5) is 5.82 Å². The van der Waals surface area contributed by atoms with Gasteiger partial charge < -0.3 is 20.6 Å². The van der Waals surface area contributed by atoms with Crippen molar-refractivity contribution in [2.75, 3.05) is 37.7 Å². The highest BCUT2D eigenvalue weighted by molar-refractivity contribution is 6.10. The van der Waals surface area contributed by atoms with Crippen LogP contribution in [0.25, 0.3) is 5.57 Å². The Kier molecular flexibility index (Phi) is 6.07. The Labute approximate surface area is 194 Å². The molecule has 1 atom stereocenters. The first-order chi connectivity index (χ1) is 16.1. The highest BCUT2D eigenvalue weighted by atomic mass is 16.3. The molecule has 5 rings (SSSR count). The Morgan fingerprint density at radius 2 is 2.06 bits per heavy atom. The monoisotopic (exact) mass is 448 g/mol. The maximum Gasteiger partial charge on any atom is 0.226 e. The summed E-state index contributed by atoms with van der Waals surface area (Å²) in [5, 5.41) is 19.0. The Balaban J connectivity index is 1.45. The van der Waals surface area contributed by atoms with Gasteiger partial charge in [-0.3, -0.25) is 9.79 Å². The van der Waals surface area contributed by atoms with Gasteiger partial charge >= 0.3 is 0 Å². The van der Waals surface area contributed by atoms with Gasteiger partial charge in [0, 0.05) is 55.0 Å². The summed E-state index contributed by atoms with van der Waals surface area (Å²) in [5.74, 6) is 2.23. The van der Waals surface area contributed by atoms with Crippen LogP contribution in [0.5, 0.6) is 0 Å². The number of nitrogens with zero attached hydrogens (tertiary/aromatic N) is 5. The molecule has 1 aromatic heterocycles. The van der Waals surface area contributed by atoms with Gasteiger partial charge in [0.05, 0.1) is 30.5 Å². The number of anilines is 1. The Hall–Kier alpha value is -2.92. The molecule has 0 radical (unpaired) electrons. The molecule has 0 bridgehead atoms. The lowest BCUT2D eigenvalue weighted by molar-refractivity contribution is -0.135. The zero-order chi connectivity index (χ0) is 22.9. The van der Waals surface area contributed by atoms with Crippen molar-refractivity contribution < 1.29 is 9.90 Å². The molecule has 2 heterocycles. The molecular formula is C25H32N6O2. The summed E-state index contributed by atoms with van der Waals surface area (Å²) in [6.45, 7) is 2.42. The van der Waals surface area contributed by atoms with Crippen molar-refractivity contribution in [3.63, 3.8) is 0 Å². The Morgan fingerprint density at radius 3 is 2.67 bits per heavy atom. The number of allylic oxidation sites excluding steroid dienone is 1. The number of piperazine rings is 1. The van der Waals surface area contributed by atoms with Crippen LogP contribution in [0.15, 0.2) is 17.3 Å². The van der Waals surface area contributed by atoms with Crippen molar-refractivity contribution in [3.8, 4) is 6.07 Å². The minimum absolute atomic E-state index is 0.0259. The fourth-order valence-electron chi connectivity index (χ4n) is 4.89. The predicted octanol–water partition coefficient (Wildman–Crippen LogP) is 2.03. The number of carbonyl (C=O) groups excluding carboxylic acids is 1. The van der Waals surface area contributed by atoms with Crippen molar-refractivity contribution in [1.29, 1.82) is 5.26 Å². The summed E-state index contributed by atoms with van der Waals surface area (Å²) in [4.78, 5) is 26.5. The molecule has 8 nitrogen and oxygen atoms in total. The molecule has 3 aliphatic carbocycles. The normalized spacial score (nSPS) is 23.8. The van der Waals surface area contributed by atoms with Crippen LogP contribution in [-0.4, -0.2) is 65.9 Å². The molecule has 1 amide bonds. The van der Waals surface area contributed by atoms with Crippen molar-refractivity contribution in [3.05, 3.63) is 29.1 Å². The Morgan fingerprint density at radius 1 is 1.27 bits per heavy atom. The first-order valence-corrected chi connectivity index (χ1v) is 12.2. The van der Waals surface area contributed by atoms with E-state index in [9.17, 15) is 10.1 Å². The first kappa shape index (κ1) is 21.9. The fraction of sp³-hybridized carbons (Fsp3) is 0.600. The van der Waals surface area contributed by atoms with Gasteiger partial charge in [-0.25, -0.2) is 4.98 Å². The summed E-state index contributed by atoms with van der Waals surface area (Å²) in [6.07, 6.45) is 9.71. The van der Waals surface area contributed by atoms with E-state index in [1.54, 1.807) is 6.21 Å². The number of carbonyl (C=O) groups is 1. The summed E-state index contributed by atoms with van der Waals surface area (Å²) in [5.41, 5.74) is 8.97. The summed E-state index contributed by atoms with van der Waals surface area (Å²) in [6, 6.07) is 4.46. The van der Waals surface area contributed by atoms with Crippen molar-refractivity contribution >= 4 is 23.5 Å². The topological polar surface area (TPSA) is 119 Å². The van der Waals surface area contributed by atoms with E-state index < -0.39 is 0 Å². The number of aliphatic hydroxyl groups excluding tert-OH is 1. The second-order valence-corrected chi connectivity index (χ2v) is 9.72. The summed E-state index contributed by atoms with van der Waals surface area (Å²) >= 11 is 0. The number of amides is 1. The number of aromatic nitrogens is 1. The number of nitriles is 1. The molecule has 174 valence electrons. The average molecular weight is 449 g/mol. The second kappa shape index (κ2) is 9.14. The third-order valence-electron chi connectivity index (χ3n) is 7.16. The Bertz CT molecular complexity index is 1020. The molecule has 1 aromatic rings. The number of aliphatic hydroxyl groups is 1. The third-order valence-corrected chi connectivity index (χ3v) is 7.16. The minimum atomic E-state index is -0.0259. The molecule has 0 spiro atoms. The first-order valence-electron chi connectivity index (χ1n) is 12.2. The standard InChI is InChI=1S/C25H32N6O2/c26-12-19-11-21(20(13-27)14-28-7-10-32)23(17-3-4-17)29-24(19)30-8-9-31(25(33)18-5-6-18)22(15-30)16-1-2-16/h11,13-14,16-18,22,32H,1-10,15,27H2. The van der Waals surface area contributed by atoms with Crippen LogP contribution in [0.2, 0.25) is 0 Å². The average Bonchev–Trinajstić information content (AvgIpc) is 3.69. The van der Waals surface area contributed by atoms with Gasteiger partial charge in [-0.2, -0.15) is 5.26 Å². The molecule has 4 aliphatic rings. The number of pyridine rings is 1. The van der Waals surface area contributed by atoms with Crippen LogP contribution in [0, 0.1) is 23.2 Å². The second-order valence-electron chi connectivity index (χ2n) is 9.72. The lowest BCUT2D eigenvalue weighted by Crippen LogP contribution is -2.57. The molecule has 33 heavy (non-hydrogen) atoms. The maximum atomic E-state index is 12.9. The lowest BCUT2D eigenvalue weighted by atomic mass is 9.99. The molecule has 1 saturated heterocycles. The van der Waals surface area contributed by atoms with Crippen LogP contribution in [0.3, 0.4) is 0 Å². The van der Waals surface area contributed by atoms with Crippen LogP contribution < -0.4 is 10.6 Å². The smallest absolute Gasteiger partial charge is 0.226 e. The quantitative estimate of drug-likeness (QED) is 0.588. The molecule has 3 saturated carbocycles. The van der Waals surface area contributed by atoms with Gasteiger partial charge in [0.1, 0.15) is 11.9 Å². The highest BCUT2D eigenvalue weighted by Gasteiger charge is 2.45. The van der Waals surface area contributed by atoms with E-state index in [2.05, 4.69) is 20.9 Å². The molecule has 0 aromatic carbocycles. The van der Waals surface area contributed by atoms with Gasteiger partial charge in [0.15, 0.2) is 0 Å². The van der Waals surface area contributed by atoms with Crippen molar-refractivity contribution in [2.24, 2.45) is 22.6 Å². The lowest BCUT2D eigenvalue weighted by Gasteiger charge is -2.43. The molecule has 4 fully saturated rings. The van der Waals surface area contributed by atoms with E-state index in [-0.39, 0.29) is 18.6 Å². The third kappa shape index (κ3) is 4.60. The van der Waals surface area contributed by atoms with E-state index in [0.717, 1.165) is 54.9 Å². The van der Waals surface area contributed by atoms with Gasteiger partial charge in [0.25, 0.3) is 0 Å². The molecule has 8 heteroatoms. The van der Waals surface area contributed by atoms with E-state index in [1.807, 2.05) is 6.07 Å². The van der Waals surface area contributed by atoms with Gasteiger partial charge in [-0.05, 0) is 50.5 Å². The van der Waals surface area contributed by atoms with Crippen LogP contribution in [-0.2, 0) is 4.79 Å². The number of hydrogen-bond donors (Lipinski definition) is 2. The van der Waals surface area contributed by atoms with Gasteiger partial charge in [-0.1, -0.05) is 0 Å². The predicted molar refractivity (Wildman–Crippen MR) is 127 cm³/mol. The molecule has 1 aliphatic heterocycles. The van der Waals surface area contributed by atoms with Crippen LogP contribution >= 0.6 is 0 Å². The van der Waals surface area contributed by atoms with E-state index in [1.165, 1.54) is 19.0 Å². The number of hydrogen-bond acceptors (Lipinski definition) is 7. The SMILES string of the molecule is N#Cc1cc(C(C=NCCO)=CN)c(C2CC2)nc1N1CCN(C(=O)C2CC2)C(C2CC2)C1. The minimum Gasteiger partial charge on any atom is -0.404 e. The van der Waals surface area contributed by atoms with E-state index >= 15 is 0 Å². The van der Waals surface area contributed by atoms with Gasteiger partial charge in [-0.15, -0.1) is 0 Å². The summed E-state index contributed by atoms with van der Waals surface area (Å²) in [7, 11) is 0. The largest absolute Gasteiger partial charge is 0.404 e. The van der Waals surface area contributed by atoms with E-state index in [0.29, 0.717) is 42.9 Å². The van der Waals surface area contributed by atoms with Crippen molar-refractivity contribution in [1.82, 2.24) is 9.88 Å². The highest BCUT2D eigenvalue weighted by Crippen LogP contribution is 2.44. The number of rotatable bonds is 8.